The second kappa shape index (κ2) is 13.4. The normalized spacial score (nSPS) is 16.9. The largest absolute Gasteiger partial charge is 0.481 e. The highest BCUT2D eigenvalue weighted by Gasteiger charge is 2.32. The van der Waals surface area contributed by atoms with Gasteiger partial charge in [0, 0.05) is 32.3 Å². The van der Waals surface area contributed by atoms with Crippen molar-refractivity contribution in [1.82, 2.24) is 14.3 Å². The van der Waals surface area contributed by atoms with Crippen LogP contribution in [0.2, 0.25) is 0 Å². The van der Waals surface area contributed by atoms with Crippen molar-refractivity contribution in [2.45, 2.75) is 77.6 Å². The molecule has 0 saturated carbocycles. The third-order valence-corrected chi connectivity index (χ3v) is 8.52. The van der Waals surface area contributed by atoms with Gasteiger partial charge in [-0.05, 0) is 50.3 Å². The number of fused-ring (bicyclic) bond motifs is 1. The summed E-state index contributed by atoms with van der Waals surface area (Å²) in [6.07, 6.45) is 13.8. The van der Waals surface area contributed by atoms with E-state index in [-0.39, 0.29) is 17.9 Å². The number of carboxylic acid groups (broad SMARTS) is 1. The van der Waals surface area contributed by atoms with Crippen molar-refractivity contribution in [3.05, 3.63) is 44.7 Å². The summed E-state index contributed by atoms with van der Waals surface area (Å²) in [6.45, 7) is 4.22. The van der Waals surface area contributed by atoms with E-state index in [0.29, 0.717) is 32.8 Å². The number of amides is 1. The highest BCUT2D eigenvalue weighted by atomic mass is 32.2. The van der Waals surface area contributed by atoms with Crippen LogP contribution in [0.5, 0.6) is 0 Å². The average Bonchev–Trinajstić information content (AvgIpc) is 3.51. The van der Waals surface area contributed by atoms with E-state index in [4.69, 9.17) is 22.3 Å². The Balaban J connectivity index is 1.39. The number of hydrogen-bond acceptors (Lipinski definition) is 7. The van der Waals surface area contributed by atoms with Gasteiger partial charge in [-0.25, -0.2) is 4.98 Å². The van der Waals surface area contributed by atoms with Gasteiger partial charge in [0.2, 0.25) is 0 Å². The molecule has 2 aromatic rings. The number of aliphatic carboxylic acids is 1. The molecule has 0 radical (unpaired) electrons. The number of nitrogens with zero attached hydrogens (tertiary/aromatic N) is 4. The van der Waals surface area contributed by atoms with Crippen molar-refractivity contribution in [3.63, 3.8) is 0 Å². The fraction of sp³-hybridized carbons (Fsp3) is 0.536. The summed E-state index contributed by atoms with van der Waals surface area (Å²) in [5, 5.41) is 8.69. The second-order valence-electron chi connectivity index (χ2n) is 10.0. The number of carboxylic acids is 1. The number of carbonyl (C=O) groups is 2. The monoisotopic (exact) mass is 556 g/mol. The minimum absolute atomic E-state index is 0.139. The molecule has 0 bridgehead atoms. The summed E-state index contributed by atoms with van der Waals surface area (Å²) >= 11 is 6.79. The zero-order valence-corrected chi connectivity index (χ0v) is 23.6. The molecular weight excluding hydrogens is 520 g/mol. The van der Waals surface area contributed by atoms with Gasteiger partial charge in [-0.2, -0.15) is 0 Å². The molecule has 4 heterocycles. The Labute approximate surface area is 233 Å². The van der Waals surface area contributed by atoms with Crippen LogP contribution in [0.25, 0.3) is 11.7 Å². The minimum Gasteiger partial charge on any atom is -0.481 e. The van der Waals surface area contributed by atoms with Crippen LogP contribution in [0.15, 0.2) is 28.0 Å². The molecule has 4 rings (SSSR count). The molecular formula is C28H36N4O4S2. The summed E-state index contributed by atoms with van der Waals surface area (Å²) in [6, 6.07) is 3.78. The van der Waals surface area contributed by atoms with Crippen LogP contribution in [-0.2, 0) is 9.59 Å². The van der Waals surface area contributed by atoms with Gasteiger partial charge >= 0.3 is 5.97 Å². The van der Waals surface area contributed by atoms with Crippen molar-refractivity contribution < 1.29 is 14.7 Å². The van der Waals surface area contributed by atoms with Gasteiger partial charge in [-0.15, -0.1) is 0 Å². The predicted molar refractivity (Wildman–Crippen MR) is 157 cm³/mol. The van der Waals surface area contributed by atoms with Crippen molar-refractivity contribution in [1.29, 1.82) is 0 Å². The van der Waals surface area contributed by atoms with E-state index in [1.165, 1.54) is 11.8 Å². The maximum Gasteiger partial charge on any atom is 0.303 e. The van der Waals surface area contributed by atoms with E-state index in [1.807, 2.05) is 19.1 Å². The Hall–Kier alpha value is -2.72. The Bertz CT molecular complexity index is 1280. The lowest BCUT2D eigenvalue weighted by Gasteiger charge is -2.20. The van der Waals surface area contributed by atoms with Crippen molar-refractivity contribution in [3.8, 4) is 0 Å². The standard InChI is InChI=1S/C28H36N4O4S2/c1-20-13-12-18-31-24(20)29-25(30-15-10-11-16-30)21(26(31)35)19-22-27(36)32(28(37)38-22)17-9-7-5-3-2-4-6-8-14-23(33)34/h12-13,18-19H,2-11,14-17H2,1H3,(H,33,34). The molecule has 204 valence electrons. The first-order valence-electron chi connectivity index (χ1n) is 13.6. The fourth-order valence-electron chi connectivity index (χ4n) is 5.03. The lowest BCUT2D eigenvalue weighted by atomic mass is 10.1. The van der Waals surface area contributed by atoms with Crippen LogP contribution < -0.4 is 10.5 Å². The summed E-state index contributed by atoms with van der Waals surface area (Å²) in [5.74, 6) is -0.214. The summed E-state index contributed by atoms with van der Waals surface area (Å²) in [5.41, 5.74) is 1.85. The van der Waals surface area contributed by atoms with E-state index in [2.05, 4.69) is 4.90 Å². The topological polar surface area (TPSA) is 95.2 Å². The molecule has 2 saturated heterocycles. The van der Waals surface area contributed by atoms with Gasteiger partial charge in [0.1, 0.15) is 15.8 Å². The van der Waals surface area contributed by atoms with Crippen LogP contribution >= 0.6 is 24.0 Å². The van der Waals surface area contributed by atoms with Crippen molar-refractivity contribution in [2.75, 3.05) is 24.5 Å². The number of pyridine rings is 1. The number of carbonyl (C=O) groups excluding carboxylic acids is 1. The predicted octanol–water partition coefficient (Wildman–Crippen LogP) is 5.40. The van der Waals surface area contributed by atoms with Crippen LogP contribution in [-0.4, -0.2) is 55.2 Å². The smallest absolute Gasteiger partial charge is 0.303 e. The Morgan fingerprint density at radius 3 is 2.42 bits per heavy atom. The molecule has 0 aliphatic carbocycles. The van der Waals surface area contributed by atoms with Gasteiger partial charge in [0.05, 0.1) is 10.5 Å². The fourth-order valence-corrected chi connectivity index (χ4v) is 6.32. The number of aromatic nitrogens is 2. The van der Waals surface area contributed by atoms with Gasteiger partial charge in [0.25, 0.3) is 11.5 Å². The molecule has 0 unspecified atom stereocenters. The number of anilines is 1. The number of unbranched alkanes of at least 4 members (excludes halogenated alkanes) is 7. The molecule has 1 amide bonds. The van der Waals surface area contributed by atoms with E-state index >= 15 is 0 Å². The highest BCUT2D eigenvalue weighted by molar-refractivity contribution is 8.26. The van der Waals surface area contributed by atoms with Crippen LogP contribution in [0.3, 0.4) is 0 Å². The summed E-state index contributed by atoms with van der Waals surface area (Å²) in [4.78, 5) is 46.5. The van der Waals surface area contributed by atoms with Gasteiger partial charge in [-0.1, -0.05) is 68.6 Å². The molecule has 2 fully saturated rings. The second-order valence-corrected chi connectivity index (χ2v) is 11.7. The number of thioether (sulfide) groups is 1. The van der Waals surface area contributed by atoms with Crippen molar-refractivity contribution in [2.24, 2.45) is 0 Å². The van der Waals surface area contributed by atoms with Gasteiger partial charge < -0.3 is 10.0 Å². The first kappa shape index (κ1) is 28.3. The lowest BCUT2D eigenvalue weighted by Crippen LogP contribution is -2.29. The molecule has 38 heavy (non-hydrogen) atoms. The molecule has 0 atom stereocenters. The van der Waals surface area contributed by atoms with E-state index in [0.717, 1.165) is 82.9 Å². The first-order valence-corrected chi connectivity index (χ1v) is 14.8. The summed E-state index contributed by atoms with van der Waals surface area (Å²) in [7, 11) is 0. The lowest BCUT2D eigenvalue weighted by molar-refractivity contribution is -0.137. The van der Waals surface area contributed by atoms with E-state index in [9.17, 15) is 14.4 Å². The Morgan fingerprint density at radius 1 is 1.08 bits per heavy atom. The molecule has 1 N–H and O–H groups in total. The molecule has 8 nitrogen and oxygen atoms in total. The molecule has 0 aromatic carbocycles. The third-order valence-electron chi connectivity index (χ3n) is 7.14. The maximum atomic E-state index is 13.6. The maximum absolute atomic E-state index is 13.6. The van der Waals surface area contributed by atoms with E-state index < -0.39 is 5.97 Å². The molecule has 10 heteroatoms. The zero-order valence-electron chi connectivity index (χ0n) is 22.0. The number of thiocarbonyl (C=S) groups is 1. The number of aryl methyl sites for hydroxylation is 1. The Morgan fingerprint density at radius 2 is 1.74 bits per heavy atom. The van der Waals surface area contributed by atoms with Crippen molar-refractivity contribution >= 4 is 57.7 Å². The summed E-state index contributed by atoms with van der Waals surface area (Å²) < 4.78 is 2.10. The quantitative estimate of drug-likeness (QED) is 0.199. The average molecular weight is 557 g/mol. The molecule has 2 aromatic heterocycles. The van der Waals surface area contributed by atoms with Gasteiger partial charge in [-0.3, -0.25) is 23.7 Å². The molecule has 2 aliphatic heterocycles. The number of hydrogen-bond donors (Lipinski definition) is 1. The number of rotatable bonds is 13. The highest BCUT2D eigenvalue weighted by Crippen LogP contribution is 2.34. The van der Waals surface area contributed by atoms with Crippen LogP contribution in [0.1, 0.15) is 81.8 Å². The van der Waals surface area contributed by atoms with Crippen LogP contribution in [0.4, 0.5) is 5.82 Å². The molecule has 2 aliphatic rings. The molecule has 0 spiro atoms. The Kier molecular flexibility index (Phi) is 9.96. The minimum atomic E-state index is -0.723. The first-order chi connectivity index (χ1) is 18.4. The van der Waals surface area contributed by atoms with E-state index in [1.54, 1.807) is 21.6 Å². The SMILES string of the molecule is Cc1cccn2c(=O)c(C=C3SC(=S)N(CCCCCCCCCCC(=O)O)C3=O)c(N3CCCC3)nc12. The third kappa shape index (κ3) is 6.83. The van der Waals surface area contributed by atoms with Gasteiger partial charge in [0.15, 0.2) is 0 Å². The zero-order chi connectivity index (χ0) is 27.1. The van der Waals surface area contributed by atoms with Crippen LogP contribution in [0, 0.1) is 6.92 Å².